The van der Waals surface area contributed by atoms with Crippen molar-refractivity contribution < 1.29 is 0 Å². The Morgan fingerprint density at radius 3 is 2.47 bits per heavy atom. The molecule has 0 amide bonds. The lowest BCUT2D eigenvalue weighted by Gasteiger charge is -2.23. The number of hydrogen-bond donors (Lipinski definition) is 0. The molecule has 1 nitrogen and oxygen atoms in total. The van der Waals surface area contributed by atoms with Crippen molar-refractivity contribution >= 4 is 10.9 Å². The Morgan fingerprint density at radius 2 is 1.88 bits per heavy atom. The molecular formula is C16H21N. The average molecular weight is 227 g/mol. The van der Waals surface area contributed by atoms with Gasteiger partial charge in [-0.2, -0.15) is 0 Å². The quantitative estimate of drug-likeness (QED) is 0.703. The highest BCUT2D eigenvalue weighted by Crippen LogP contribution is 2.29. The maximum atomic E-state index is 4.82. The maximum Gasteiger partial charge on any atom is 0.0708 e. The van der Waals surface area contributed by atoms with Gasteiger partial charge in [-0.25, -0.2) is 0 Å². The van der Waals surface area contributed by atoms with Gasteiger partial charge in [-0.1, -0.05) is 39.8 Å². The van der Waals surface area contributed by atoms with Crippen LogP contribution < -0.4 is 0 Å². The molecule has 0 atom stereocenters. The highest BCUT2D eigenvalue weighted by Gasteiger charge is 2.19. The molecule has 0 bridgehead atoms. The summed E-state index contributed by atoms with van der Waals surface area (Å²) in [4.78, 5) is 4.82. The minimum absolute atomic E-state index is 0.162. The summed E-state index contributed by atoms with van der Waals surface area (Å²) in [6.45, 7) is 11.1. The van der Waals surface area contributed by atoms with Crippen LogP contribution >= 0.6 is 0 Å². The molecule has 1 heterocycles. The number of pyridine rings is 1. The highest BCUT2D eigenvalue weighted by atomic mass is 14.7. The van der Waals surface area contributed by atoms with Crippen LogP contribution in [0, 0.1) is 6.92 Å². The van der Waals surface area contributed by atoms with Crippen molar-refractivity contribution in [3.8, 4) is 0 Å². The van der Waals surface area contributed by atoms with Crippen LogP contribution in [0.2, 0.25) is 0 Å². The fourth-order valence-electron chi connectivity index (χ4n) is 2.30. The summed E-state index contributed by atoms with van der Waals surface area (Å²) in [5, 5.41) is 1.29. The van der Waals surface area contributed by atoms with Crippen molar-refractivity contribution in [1.82, 2.24) is 4.98 Å². The van der Waals surface area contributed by atoms with Gasteiger partial charge >= 0.3 is 0 Å². The van der Waals surface area contributed by atoms with Crippen LogP contribution in [-0.4, -0.2) is 4.98 Å². The molecule has 1 aromatic carbocycles. The third-order valence-corrected chi connectivity index (χ3v) is 3.30. The van der Waals surface area contributed by atoms with Gasteiger partial charge in [0.05, 0.1) is 5.52 Å². The van der Waals surface area contributed by atoms with Gasteiger partial charge in [-0.15, -0.1) is 0 Å². The van der Waals surface area contributed by atoms with Gasteiger partial charge in [0, 0.05) is 11.1 Å². The molecule has 0 saturated carbocycles. The Hall–Kier alpha value is -1.37. The Bertz CT molecular complexity index is 547. The fourth-order valence-corrected chi connectivity index (χ4v) is 2.30. The van der Waals surface area contributed by atoms with Crippen molar-refractivity contribution in [3.63, 3.8) is 0 Å². The van der Waals surface area contributed by atoms with E-state index in [0.29, 0.717) is 0 Å². The van der Waals surface area contributed by atoms with Gasteiger partial charge in [-0.3, -0.25) is 4.98 Å². The first-order chi connectivity index (χ1) is 7.93. The SMILES string of the molecule is CCc1nc2cccc(C)c2cc1C(C)(C)C. The maximum absolute atomic E-state index is 4.82. The number of nitrogens with zero attached hydrogens (tertiary/aromatic N) is 1. The summed E-state index contributed by atoms with van der Waals surface area (Å²) in [6, 6.07) is 8.67. The molecule has 0 aliphatic carbocycles. The predicted octanol–water partition coefficient (Wildman–Crippen LogP) is 4.40. The van der Waals surface area contributed by atoms with E-state index in [2.05, 4.69) is 58.9 Å². The van der Waals surface area contributed by atoms with Crippen molar-refractivity contribution in [2.24, 2.45) is 0 Å². The fraction of sp³-hybridized carbons (Fsp3) is 0.438. The highest BCUT2D eigenvalue weighted by molar-refractivity contribution is 5.83. The molecule has 0 spiro atoms. The number of fused-ring (bicyclic) bond motifs is 1. The molecule has 90 valence electrons. The molecule has 0 N–H and O–H groups in total. The second-order valence-electron chi connectivity index (χ2n) is 5.73. The molecule has 0 aliphatic rings. The molecule has 1 heteroatoms. The van der Waals surface area contributed by atoms with Crippen LogP contribution in [0.15, 0.2) is 24.3 Å². The molecule has 0 fully saturated rings. The van der Waals surface area contributed by atoms with E-state index >= 15 is 0 Å². The van der Waals surface area contributed by atoms with Crippen LogP contribution in [0.3, 0.4) is 0 Å². The molecule has 17 heavy (non-hydrogen) atoms. The van der Waals surface area contributed by atoms with E-state index in [1.165, 1.54) is 22.2 Å². The Morgan fingerprint density at radius 1 is 1.18 bits per heavy atom. The topological polar surface area (TPSA) is 12.9 Å². The molecule has 0 saturated heterocycles. The Labute approximate surface area is 104 Å². The summed E-state index contributed by atoms with van der Waals surface area (Å²) < 4.78 is 0. The Kier molecular flexibility index (Phi) is 2.94. The van der Waals surface area contributed by atoms with Crippen LogP contribution in [0.25, 0.3) is 10.9 Å². The third-order valence-electron chi connectivity index (χ3n) is 3.30. The number of hydrogen-bond acceptors (Lipinski definition) is 1. The van der Waals surface area contributed by atoms with Crippen molar-refractivity contribution in [3.05, 3.63) is 41.1 Å². The lowest BCUT2D eigenvalue weighted by atomic mass is 9.84. The van der Waals surface area contributed by atoms with Gasteiger partial charge in [0.1, 0.15) is 0 Å². The van der Waals surface area contributed by atoms with E-state index in [-0.39, 0.29) is 5.41 Å². The van der Waals surface area contributed by atoms with Crippen LogP contribution in [0.4, 0.5) is 0 Å². The smallest absolute Gasteiger partial charge is 0.0708 e. The zero-order chi connectivity index (χ0) is 12.6. The normalized spacial score (nSPS) is 12.1. The van der Waals surface area contributed by atoms with E-state index < -0.39 is 0 Å². The van der Waals surface area contributed by atoms with Gasteiger partial charge in [-0.05, 0) is 42.0 Å². The lowest BCUT2D eigenvalue weighted by molar-refractivity contribution is 0.580. The lowest BCUT2D eigenvalue weighted by Crippen LogP contribution is -2.15. The summed E-state index contributed by atoms with van der Waals surface area (Å²) in [7, 11) is 0. The van der Waals surface area contributed by atoms with Gasteiger partial charge < -0.3 is 0 Å². The largest absolute Gasteiger partial charge is 0.253 e. The van der Waals surface area contributed by atoms with Crippen LogP contribution in [-0.2, 0) is 11.8 Å². The molecule has 2 aromatic rings. The molecule has 0 radical (unpaired) electrons. The summed E-state index contributed by atoms with van der Waals surface area (Å²) in [5.41, 5.74) is 5.20. The molecule has 2 rings (SSSR count). The molecule has 0 unspecified atom stereocenters. The van der Waals surface area contributed by atoms with Gasteiger partial charge in [0.15, 0.2) is 0 Å². The van der Waals surface area contributed by atoms with Crippen LogP contribution in [0.5, 0.6) is 0 Å². The van der Waals surface area contributed by atoms with E-state index in [0.717, 1.165) is 11.9 Å². The third kappa shape index (κ3) is 2.19. The zero-order valence-electron chi connectivity index (χ0n) is 11.5. The first-order valence-electron chi connectivity index (χ1n) is 6.33. The second kappa shape index (κ2) is 4.14. The summed E-state index contributed by atoms with van der Waals surface area (Å²) >= 11 is 0. The number of aromatic nitrogens is 1. The van der Waals surface area contributed by atoms with Crippen molar-refractivity contribution in [2.75, 3.05) is 0 Å². The zero-order valence-corrected chi connectivity index (χ0v) is 11.5. The average Bonchev–Trinajstić information content (AvgIpc) is 2.26. The first kappa shape index (κ1) is 12.1. The predicted molar refractivity (Wildman–Crippen MR) is 74.6 cm³/mol. The second-order valence-corrected chi connectivity index (χ2v) is 5.73. The van der Waals surface area contributed by atoms with Gasteiger partial charge in [0.2, 0.25) is 0 Å². The van der Waals surface area contributed by atoms with Gasteiger partial charge in [0.25, 0.3) is 0 Å². The number of aryl methyl sites for hydroxylation is 2. The Balaban J connectivity index is 2.79. The molecule has 1 aromatic heterocycles. The minimum atomic E-state index is 0.162. The number of rotatable bonds is 1. The van der Waals surface area contributed by atoms with Crippen molar-refractivity contribution in [2.45, 2.75) is 46.5 Å². The van der Waals surface area contributed by atoms with E-state index in [1.807, 2.05) is 0 Å². The summed E-state index contributed by atoms with van der Waals surface area (Å²) in [5.74, 6) is 0. The first-order valence-corrected chi connectivity index (χ1v) is 6.33. The molecule has 0 aliphatic heterocycles. The van der Waals surface area contributed by atoms with Crippen molar-refractivity contribution in [1.29, 1.82) is 0 Å². The van der Waals surface area contributed by atoms with E-state index in [9.17, 15) is 0 Å². The van der Waals surface area contributed by atoms with Crippen LogP contribution in [0.1, 0.15) is 44.5 Å². The minimum Gasteiger partial charge on any atom is -0.253 e. The molecular weight excluding hydrogens is 206 g/mol. The number of benzene rings is 1. The van der Waals surface area contributed by atoms with E-state index in [1.54, 1.807) is 0 Å². The summed E-state index contributed by atoms with van der Waals surface area (Å²) in [6.07, 6.45) is 0.997. The monoisotopic (exact) mass is 227 g/mol. The van der Waals surface area contributed by atoms with E-state index in [4.69, 9.17) is 4.98 Å². The standard InChI is InChI=1S/C16H21N/c1-6-14-13(16(3,4)5)10-12-11(2)8-7-9-15(12)17-14/h7-10H,6H2,1-5H3.